The first-order chi connectivity index (χ1) is 6.32. The smallest absolute Gasteiger partial charge is 0.129 e. The molecule has 1 rings (SSSR count). The van der Waals surface area contributed by atoms with Crippen molar-refractivity contribution in [1.29, 1.82) is 0 Å². The molecule has 0 aromatic heterocycles. The topological polar surface area (TPSA) is 20.2 Å². The number of halogens is 1. The lowest BCUT2D eigenvalue weighted by Crippen LogP contribution is -2.18. The van der Waals surface area contributed by atoms with Crippen LogP contribution in [0.5, 0.6) is 0 Å². The number of rotatable bonds is 2. The van der Waals surface area contributed by atoms with Gasteiger partial charge < -0.3 is 5.11 Å². The second-order valence-electron chi connectivity index (χ2n) is 4.45. The van der Waals surface area contributed by atoms with Gasteiger partial charge in [0.15, 0.2) is 0 Å². The maximum absolute atomic E-state index is 13.4. The molecule has 78 valence electrons. The van der Waals surface area contributed by atoms with Crippen LogP contribution in [0.2, 0.25) is 0 Å². The highest BCUT2D eigenvalue weighted by Crippen LogP contribution is 2.26. The maximum Gasteiger partial charge on any atom is 0.129 e. The molecule has 1 nitrogen and oxygen atoms in total. The fourth-order valence-electron chi connectivity index (χ4n) is 1.37. The summed E-state index contributed by atoms with van der Waals surface area (Å²) in [5, 5.41) is 9.74. The van der Waals surface area contributed by atoms with Crippen LogP contribution in [0.1, 0.15) is 44.7 Å². The minimum Gasteiger partial charge on any atom is -0.386 e. The molecule has 0 radical (unpaired) electrons. The molecule has 0 aliphatic carbocycles. The lowest BCUT2D eigenvalue weighted by atomic mass is 9.92. The summed E-state index contributed by atoms with van der Waals surface area (Å²) in [5.41, 5.74) is 0.293. The van der Waals surface area contributed by atoms with Gasteiger partial charge in [0, 0.05) is 5.56 Å². The molecular weight excluding hydrogens is 179 g/mol. The summed E-state index contributed by atoms with van der Waals surface area (Å²) in [7, 11) is 0. The van der Waals surface area contributed by atoms with Crippen molar-refractivity contribution in [1.82, 2.24) is 0 Å². The van der Waals surface area contributed by atoms with Crippen LogP contribution in [0.3, 0.4) is 0 Å². The number of benzene rings is 1. The van der Waals surface area contributed by atoms with Gasteiger partial charge in [-0.05, 0) is 37.5 Å². The Morgan fingerprint density at radius 2 is 1.86 bits per heavy atom. The van der Waals surface area contributed by atoms with Gasteiger partial charge in [0.05, 0.1) is 5.60 Å². The minimum absolute atomic E-state index is 0.344. The molecule has 0 unspecified atom stereocenters. The monoisotopic (exact) mass is 196 g/mol. The van der Waals surface area contributed by atoms with E-state index < -0.39 is 5.60 Å². The van der Waals surface area contributed by atoms with Crippen molar-refractivity contribution >= 4 is 0 Å². The lowest BCUT2D eigenvalue weighted by molar-refractivity contribution is 0.0744. The largest absolute Gasteiger partial charge is 0.386 e. The Morgan fingerprint density at radius 3 is 2.29 bits per heavy atom. The molecule has 14 heavy (non-hydrogen) atoms. The molecule has 0 spiro atoms. The van der Waals surface area contributed by atoms with Crippen LogP contribution in [0.15, 0.2) is 18.2 Å². The van der Waals surface area contributed by atoms with Crippen LogP contribution >= 0.6 is 0 Å². The predicted molar refractivity (Wildman–Crippen MR) is 55.7 cm³/mol. The van der Waals surface area contributed by atoms with Gasteiger partial charge in [-0.3, -0.25) is 0 Å². The SMILES string of the molecule is CC(C)c1ccc(F)c(C(C)(C)O)c1. The Balaban J connectivity index is 3.22. The quantitative estimate of drug-likeness (QED) is 0.770. The van der Waals surface area contributed by atoms with Gasteiger partial charge in [-0.2, -0.15) is 0 Å². The molecule has 0 saturated heterocycles. The fourth-order valence-corrected chi connectivity index (χ4v) is 1.37. The standard InChI is InChI=1S/C12H17FO/c1-8(2)9-5-6-11(13)10(7-9)12(3,4)14/h5-8,14H,1-4H3. The van der Waals surface area contributed by atoms with E-state index in [0.29, 0.717) is 11.5 Å². The summed E-state index contributed by atoms with van der Waals surface area (Å²) in [6.45, 7) is 7.27. The molecule has 1 N–H and O–H groups in total. The molecule has 0 heterocycles. The summed E-state index contributed by atoms with van der Waals surface area (Å²) < 4.78 is 13.4. The van der Waals surface area contributed by atoms with E-state index in [9.17, 15) is 9.50 Å². The Morgan fingerprint density at radius 1 is 1.29 bits per heavy atom. The molecule has 1 aromatic carbocycles. The summed E-state index contributed by atoms with van der Waals surface area (Å²) >= 11 is 0. The van der Waals surface area contributed by atoms with Gasteiger partial charge in [0.25, 0.3) is 0 Å². The fraction of sp³-hybridized carbons (Fsp3) is 0.500. The lowest BCUT2D eigenvalue weighted by Gasteiger charge is -2.20. The summed E-state index contributed by atoms with van der Waals surface area (Å²) in [6, 6.07) is 4.91. The molecule has 0 aliphatic rings. The molecule has 0 aliphatic heterocycles. The first-order valence-corrected chi connectivity index (χ1v) is 4.84. The zero-order valence-corrected chi connectivity index (χ0v) is 9.13. The van der Waals surface area contributed by atoms with Crippen LogP contribution in [0, 0.1) is 5.82 Å². The molecule has 0 amide bonds. The second-order valence-corrected chi connectivity index (χ2v) is 4.45. The van der Waals surface area contributed by atoms with Crippen molar-refractivity contribution in [3.63, 3.8) is 0 Å². The Labute approximate surface area is 84.6 Å². The van der Waals surface area contributed by atoms with Gasteiger partial charge in [-0.25, -0.2) is 4.39 Å². The molecule has 0 saturated carbocycles. The summed E-state index contributed by atoms with van der Waals surface area (Å²) in [5.74, 6) is -0.00130. The van der Waals surface area contributed by atoms with Gasteiger partial charge in [-0.15, -0.1) is 0 Å². The molecular formula is C12H17FO. The van der Waals surface area contributed by atoms with Gasteiger partial charge >= 0.3 is 0 Å². The maximum atomic E-state index is 13.4. The second kappa shape index (κ2) is 3.70. The number of aliphatic hydroxyl groups is 1. The highest BCUT2D eigenvalue weighted by atomic mass is 19.1. The molecule has 0 fully saturated rings. The molecule has 0 bridgehead atoms. The first-order valence-electron chi connectivity index (χ1n) is 4.84. The average Bonchev–Trinajstić information content (AvgIpc) is 2.02. The summed E-state index contributed by atoms with van der Waals surface area (Å²) in [6.07, 6.45) is 0. The van der Waals surface area contributed by atoms with Crippen molar-refractivity contribution in [2.75, 3.05) is 0 Å². The summed E-state index contributed by atoms with van der Waals surface area (Å²) in [4.78, 5) is 0. The molecule has 1 aromatic rings. The van der Waals surface area contributed by atoms with Crippen molar-refractivity contribution < 1.29 is 9.50 Å². The Kier molecular flexibility index (Phi) is 2.95. The van der Waals surface area contributed by atoms with Crippen LogP contribution in [-0.4, -0.2) is 5.11 Å². The third kappa shape index (κ3) is 2.32. The third-order valence-electron chi connectivity index (χ3n) is 2.32. The van der Waals surface area contributed by atoms with Crippen molar-refractivity contribution in [3.05, 3.63) is 35.1 Å². The van der Waals surface area contributed by atoms with E-state index in [2.05, 4.69) is 0 Å². The van der Waals surface area contributed by atoms with Crippen LogP contribution in [-0.2, 0) is 5.60 Å². The van der Waals surface area contributed by atoms with Gasteiger partial charge in [0.1, 0.15) is 5.82 Å². The highest BCUT2D eigenvalue weighted by molar-refractivity contribution is 5.30. The van der Waals surface area contributed by atoms with Crippen LogP contribution < -0.4 is 0 Å². The average molecular weight is 196 g/mol. The van der Waals surface area contributed by atoms with Crippen LogP contribution in [0.4, 0.5) is 4.39 Å². The van der Waals surface area contributed by atoms with E-state index in [1.165, 1.54) is 6.07 Å². The minimum atomic E-state index is -1.12. The Hall–Kier alpha value is -0.890. The van der Waals surface area contributed by atoms with E-state index in [0.717, 1.165) is 5.56 Å². The van der Waals surface area contributed by atoms with Crippen molar-refractivity contribution in [2.45, 2.75) is 39.2 Å². The van der Waals surface area contributed by atoms with Crippen LogP contribution in [0.25, 0.3) is 0 Å². The zero-order valence-electron chi connectivity index (χ0n) is 9.13. The van der Waals surface area contributed by atoms with E-state index in [1.807, 2.05) is 13.8 Å². The molecule has 2 heteroatoms. The van der Waals surface area contributed by atoms with Gasteiger partial charge in [-0.1, -0.05) is 19.9 Å². The van der Waals surface area contributed by atoms with Crippen molar-refractivity contribution in [2.24, 2.45) is 0 Å². The third-order valence-corrected chi connectivity index (χ3v) is 2.32. The predicted octanol–water partition coefficient (Wildman–Crippen LogP) is 3.18. The number of hydrogen-bond acceptors (Lipinski definition) is 1. The van der Waals surface area contributed by atoms with E-state index in [4.69, 9.17) is 0 Å². The van der Waals surface area contributed by atoms with E-state index >= 15 is 0 Å². The molecule has 0 atom stereocenters. The zero-order chi connectivity index (χ0) is 10.9. The van der Waals surface area contributed by atoms with E-state index in [1.54, 1.807) is 26.0 Å². The number of hydrogen-bond donors (Lipinski definition) is 1. The first kappa shape index (κ1) is 11.2. The van der Waals surface area contributed by atoms with E-state index in [-0.39, 0.29) is 5.82 Å². The van der Waals surface area contributed by atoms with Crippen molar-refractivity contribution in [3.8, 4) is 0 Å². The Bertz CT molecular complexity index is 324. The highest BCUT2D eigenvalue weighted by Gasteiger charge is 2.21. The normalized spacial score (nSPS) is 12.2. The van der Waals surface area contributed by atoms with Gasteiger partial charge in [0.2, 0.25) is 0 Å².